The number of β-amino-alcohol motifs (C(OH)–C–C–N with tert-alkyl or cyclic N) is 1. The van der Waals surface area contributed by atoms with E-state index in [2.05, 4.69) is 16.5 Å². The van der Waals surface area contributed by atoms with E-state index in [1.165, 1.54) is 6.92 Å². The first kappa shape index (κ1) is 29.1. The summed E-state index contributed by atoms with van der Waals surface area (Å²) in [6.45, 7) is 10.2. The second kappa shape index (κ2) is 10.3. The molecule has 42 heavy (non-hydrogen) atoms. The molecule has 8 nitrogen and oxygen atoms in total. The van der Waals surface area contributed by atoms with E-state index in [9.17, 15) is 18.3 Å². The van der Waals surface area contributed by atoms with E-state index in [0.29, 0.717) is 43.2 Å². The van der Waals surface area contributed by atoms with Crippen LogP contribution < -0.4 is 15.4 Å². The number of anilines is 2. The van der Waals surface area contributed by atoms with E-state index in [1.807, 2.05) is 4.90 Å². The number of fused-ring (bicyclic) bond motifs is 2. The Morgan fingerprint density at radius 2 is 2.00 bits per heavy atom. The number of ether oxygens (including phenoxy) is 2. The smallest absolute Gasteiger partial charge is 0.417 e. The molecule has 4 aliphatic heterocycles. The second-order valence-electron chi connectivity index (χ2n) is 12.6. The van der Waals surface area contributed by atoms with Crippen molar-refractivity contribution in [1.29, 1.82) is 0 Å². The molecule has 3 N–H and O–H groups in total. The fourth-order valence-corrected chi connectivity index (χ4v) is 7.31. The number of nitrogen functional groups attached to an aromatic ring is 1. The monoisotopic (exact) mass is 591 g/mol. The van der Waals surface area contributed by atoms with Gasteiger partial charge in [-0.3, -0.25) is 4.90 Å². The Bertz CT molecular complexity index is 1410. The Kier molecular flexibility index (Phi) is 7.17. The van der Waals surface area contributed by atoms with Gasteiger partial charge in [0.05, 0.1) is 40.8 Å². The Labute approximate surface area is 242 Å². The van der Waals surface area contributed by atoms with Gasteiger partial charge in [0.2, 0.25) is 0 Å². The van der Waals surface area contributed by atoms with Gasteiger partial charge in [0.25, 0.3) is 0 Å². The predicted octanol–water partition coefficient (Wildman–Crippen LogP) is 4.86. The molecule has 12 heteroatoms. The first-order valence-electron chi connectivity index (χ1n) is 14.5. The van der Waals surface area contributed by atoms with Crippen LogP contribution in [0.1, 0.15) is 73.1 Å². The minimum absolute atomic E-state index is 0.105. The van der Waals surface area contributed by atoms with Crippen LogP contribution in [0.2, 0.25) is 0 Å². The maximum absolute atomic E-state index is 15.3. The number of nitrogens with two attached hydrogens (primary N) is 1. The van der Waals surface area contributed by atoms with Gasteiger partial charge >= 0.3 is 12.2 Å². The van der Waals surface area contributed by atoms with E-state index in [1.54, 1.807) is 6.92 Å². The lowest BCUT2D eigenvalue weighted by atomic mass is 9.91. The summed E-state index contributed by atoms with van der Waals surface area (Å²) in [5.74, 6) is -0.619. The van der Waals surface area contributed by atoms with Crippen LogP contribution in [-0.4, -0.2) is 63.9 Å². The summed E-state index contributed by atoms with van der Waals surface area (Å²) < 4.78 is 69.9. The highest BCUT2D eigenvalue weighted by Gasteiger charge is 2.47. The number of nitrogens with zero attached hydrogens (tertiary/aromatic N) is 4. The highest BCUT2D eigenvalue weighted by Crippen LogP contribution is 2.45. The molecule has 0 saturated carbocycles. The minimum Gasteiger partial charge on any atom is -0.461 e. The highest BCUT2D eigenvalue weighted by atomic mass is 19.4. The zero-order valence-corrected chi connectivity index (χ0v) is 24.0. The summed E-state index contributed by atoms with van der Waals surface area (Å²) in [5.41, 5.74) is 4.60. The van der Waals surface area contributed by atoms with Crippen molar-refractivity contribution in [2.24, 2.45) is 0 Å². The molecule has 228 valence electrons. The fourth-order valence-electron chi connectivity index (χ4n) is 7.31. The lowest BCUT2D eigenvalue weighted by Crippen LogP contribution is -2.47. The maximum atomic E-state index is 15.3. The third-order valence-corrected chi connectivity index (χ3v) is 9.17. The lowest BCUT2D eigenvalue weighted by molar-refractivity contribution is -0.140. The van der Waals surface area contributed by atoms with Crippen molar-refractivity contribution in [3.8, 4) is 6.01 Å². The minimum atomic E-state index is -4.81. The van der Waals surface area contributed by atoms with Gasteiger partial charge < -0.3 is 25.2 Å². The van der Waals surface area contributed by atoms with Crippen molar-refractivity contribution in [2.45, 2.75) is 82.4 Å². The molecule has 1 aromatic heterocycles. The Morgan fingerprint density at radius 1 is 1.24 bits per heavy atom. The largest absolute Gasteiger partial charge is 0.461 e. The molecular weight excluding hydrogens is 554 g/mol. The summed E-state index contributed by atoms with van der Waals surface area (Å²) in [7, 11) is 0. The lowest BCUT2D eigenvalue weighted by Gasteiger charge is -2.39. The van der Waals surface area contributed by atoms with Gasteiger partial charge in [0.15, 0.2) is 5.82 Å². The zero-order chi connectivity index (χ0) is 30.0. The first-order valence-corrected chi connectivity index (χ1v) is 14.5. The Hall–Kier alpha value is -2.96. The van der Waals surface area contributed by atoms with Gasteiger partial charge in [-0.25, -0.2) is 4.39 Å². The molecule has 0 radical (unpaired) electrons. The molecule has 0 bridgehead atoms. The quantitative estimate of drug-likeness (QED) is 0.289. The number of aliphatic hydroxyl groups is 1. The number of halogens is 4. The zero-order valence-electron chi connectivity index (χ0n) is 24.0. The topological polar surface area (TPSA) is 97.0 Å². The summed E-state index contributed by atoms with van der Waals surface area (Å²) in [6.07, 6.45) is -1.99. The Balaban J connectivity index is 1.38. The normalized spacial score (nSPS) is 28.2. The van der Waals surface area contributed by atoms with Gasteiger partial charge in [0.1, 0.15) is 12.4 Å². The van der Waals surface area contributed by atoms with E-state index in [-0.39, 0.29) is 35.8 Å². The predicted molar refractivity (Wildman–Crippen MR) is 149 cm³/mol. The van der Waals surface area contributed by atoms with E-state index in [0.717, 1.165) is 50.4 Å². The first-order chi connectivity index (χ1) is 19.8. The molecule has 5 heterocycles. The number of aromatic nitrogens is 2. The molecule has 3 atom stereocenters. The van der Waals surface area contributed by atoms with Gasteiger partial charge in [-0.05, 0) is 64.1 Å². The number of rotatable bonds is 5. The van der Waals surface area contributed by atoms with Gasteiger partial charge in [-0.15, -0.1) is 0 Å². The van der Waals surface area contributed by atoms with Crippen molar-refractivity contribution in [3.63, 3.8) is 0 Å². The van der Waals surface area contributed by atoms with Crippen molar-refractivity contribution < 1.29 is 32.1 Å². The standard InChI is InChI=1S/C30H37F4N5O3/c1-17-12-29(7-5-9-39(29)13-17)16-42-27-36-21-11-22(23-24(30(32,33)34)18(2)10-20(35)25(23)31)41-14-19(21)26(37-27)38-8-4-6-28(3,40)15-38/h10,22,40H,1,4-9,11-16,35H2,2-3H3/t22-,28-,29-/m1/s1. The summed E-state index contributed by atoms with van der Waals surface area (Å²) in [6, 6.07) is 1.10. The molecule has 0 amide bonds. The molecule has 3 saturated heterocycles. The number of aryl methyl sites for hydroxylation is 1. The average Bonchev–Trinajstić information content (AvgIpc) is 3.43. The number of benzene rings is 1. The van der Waals surface area contributed by atoms with Crippen LogP contribution >= 0.6 is 0 Å². The van der Waals surface area contributed by atoms with Crippen molar-refractivity contribution in [3.05, 3.63) is 52.0 Å². The third kappa shape index (κ3) is 5.22. The molecule has 2 aromatic rings. The average molecular weight is 592 g/mol. The van der Waals surface area contributed by atoms with E-state index in [4.69, 9.17) is 20.2 Å². The van der Waals surface area contributed by atoms with Crippen LogP contribution in [-0.2, 0) is 23.9 Å². The van der Waals surface area contributed by atoms with Gasteiger partial charge in [-0.1, -0.05) is 12.2 Å². The second-order valence-corrected chi connectivity index (χ2v) is 12.6. The van der Waals surface area contributed by atoms with Crippen LogP contribution in [0.15, 0.2) is 18.2 Å². The number of alkyl halides is 3. The fraction of sp³-hybridized carbons (Fsp3) is 0.600. The molecule has 0 spiro atoms. The molecule has 4 aliphatic rings. The van der Waals surface area contributed by atoms with E-state index >= 15 is 4.39 Å². The SMILES string of the molecule is C=C1CN2CCC[C@]2(COc2nc3c(c(N4CCC[C@@](C)(O)C4)n2)CO[C@@H](c2c(F)c(N)cc(C)c2C(F)(F)F)C3)C1. The third-order valence-electron chi connectivity index (χ3n) is 9.17. The van der Waals surface area contributed by atoms with Crippen molar-refractivity contribution >= 4 is 11.5 Å². The number of hydrogen-bond donors (Lipinski definition) is 2. The maximum Gasteiger partial charge on any atom is 0.417 e. The molecule has 3 fully saturated rings. The molecule has 0 unspecified atom stereocenters. The summed E-state index contributed by atoms with van der Waals surface area (Å²) in [5, 5.41) is 10.8. The molecule has 1 aromatic carbocycles. The van der Waals surface area contributed by atoms with Gasteiger partial charge in [-0.2, -0.15) is 23.1 Å². The van der Waals surface area contributed by atoms with E-state index < -0.39 is 34.8 Å². The highest BCUT2D eigenvalue weighted by molar-refractivity contribution is 5.55. The van der Waals surface area contributed by atoms with Gasteiger partial charge in [0, 0.05) is 37.2 Å². The Morgan fingerprint density at radius 3 is 2.74 bits per heavy atom. The van der Waals surface area contributed by atoms with Crippen molar-refractivity contribution in [1.82, 2.24) is 14.9 Å². The number of hydrogen-bond acceptors (Lipinski definition) is 8. The van der Waals surface area contributed by atoms with Crippen LogP contribution in [0, 0.1) is 12.7 Å². The molecule has 6 rings (SSSR count). The number of piperidine rings is 1. The van der Waals surface area contributed by atoms with Crippen LogP contribution in [0.4, 0.5) is 29.1 Å². The summed E-state index contributed by atoms with van der Waals surface area (Å²) in [4.78, 5) is 13.7. The van der Waals surface area contributed by atoms with Crippen molar-refractivity contribution in [2.75, 3.05) is 43.4 Å². The van der Waals surface area contributed by atoms with Crippen LogP contribution in [0.5, 0.6) is 6.01 Å². The summed E-state index contributed by atoms with van der Waals surface area (Å²) >= 11 is 0. The van der Waals surface area contributed by atoms with Crippen LogP contribution in [0.25, 0.3) is 0 Å². The van der Waals surface area contributed by atoms with Crippen LogP contribution in [0.3, 0.4) is 0 Å². The molecular formula is C30H37F4N5O3. The molecule has 0 aliphatic carbocycles.